The minimum Gasteiger partial charge on any atom is -0.379 e. The van der Waals surface area contributed by atoms with E-state index in [0.29, 0.717) is 12.0 Å². The highest BCUT2D eigenvalue weighted by molar-refractivity contribution is 5.28. The minimum absolute atomic E-state index is 0.309. The summed E-state index contributed by atoms with van der Waals surface area (Å²) in [6.07, 6.45) is 1.13. The molecular weight excluding hydrogens is 222 g/mol. The first-order chi connectivity index (χ1) is 8.65. The number of likely N-dealkylation sites (N-methyl/N-ethyl adjacent to an activating group) is 1. The van der Waals surface area contributed by atoms with Crippen LogP contribution >= 0.6 is 0 Å². The molecule has 0 saturated heterocycles. The summed E-state index contributed by atoms with van der Waals surface area (Å²) >= 11 is 0. The van der Waals surface area contributed by atoms with Crippen molar-refractivity contribution in [3.05, 3.63) is 35.4 Å². The first-order valence-corrected chi connectivity index (χ1v) is 7.01. The predicted molar refractivity (Wildman–Crippen MR) is 77.9 cm³/mol. The van der Waals surface area contributed by atoms with Crippen LogP contribution in [-0.2, 0) is 4.74 Å². The number of ether oxygens (including phenoxy) is 1. The lowest BCUT2D eigenvalue weighted by atomic mass is 10.0. The van der Waals surface area contributed by atoms with Crippen molar-refractivity contribution in [1.29, 1.82) is 0 Å². The van der Waals surface area contributed by atoms with Crippen LogP contribution in [-0.4, -0.2) is 19.8 Å². The van der Waals surface area contributed by atoms with Gasteiger partial charge in [-0.15, -0.1) is 0 Å². The zero-order valence-electron chi connectivity index (χ0n) is 12.2. The van der Waals surface area contributed by atoms with E-state index in [1.165, 1.54) is 11.1 Å². The number of aryl methyl sites for hydroxylation is 1. The van der Waals surface area contributed by atoms with Crippen molar-refractivity contribution in [1.82, 2.24) is 5.32 Å². The van der Waals surface area contributed by atoms with Crippen LogP contribution < -0.4 is 5.32 Å². The van der Waals surface area contributed by atoms with Crippen LogP contribution in [0.2, 0.25) is 0 Å². The molecule has 0 bridgehead atoms. The fraction of sp³-hybridized carbons (Fsp3) is 0.625. The molecule has 1 N–H and O–H groups in total. The number of nitrogens with one attached hydrogen (secondary N) is 1. The van der Waals surface area contributed by atoms with Crippen LogP contribution in [0.3, 0.4) is 0 Å². The van der Waals surface area contributed by atoms with E-state index in [1.54, 1.807) is 0 Å². The zero-order valence-corrected chi connectivity index (χ0v) is 12.2. The van der Waals surface area contributed by atoms with Crippen molar-refractivity contribution in [2.24, 2.45) is 5.92 Å². The van der Waals surface area contributed by atoms with Crippen LogP contribution in [0, 0.1) is 12.8 Å². The van der Waals surface area contributed by atoms with Gasteiger partial charge in [0.05, 0.1) is 12.6 Å². The maximum atomic E-state index is 5.81. The summed E-state index contributed by atoms with van der Waals surface area (Å²) in [5, 5.41) is 3.50. The van der Waals surface area contributed by atoms with E-state index in [9.17, 15) is 0 Å². The fourth-order valence-corrected chi connectivity index (χ4v) is 2.00. The molecule has 18 heavy (non-hydrogen) atoms. The Hall–Kier alpha value is -0.860. The molecule has 1 atom stereocenters. The Kier molecular flexibility index (Phi) is 6.99. The van der Waals surface area contributed by atoms with E-state index in [-0.39, 0.29) is 0 Å². The van der Waals surface area contributed by atoms with E-state index >= 15 is 0 Å². The zero-order chi connectivity index (χ0) is 13.4. The second-order valence-electron chi connectivity index (χ2n) is 5.22. The molecule has 0 radical (unpaired) electrons. The Morgan fingerprint density at radius 1 is 1.22 bits per heavy atom. The normalized spacial score (nSPS) is 12.9. The topological polar surface area (TPSA) is 21.3 Å². The van der Waals surface area contributed by atoms with E-state index < -0.39 is 0 Å². The Bertz CT molecular complexity index is 336. The maximum Gasteiger partial charge on any atom is 0.0661 e. The van der Waals surface area contributed by atoms with Crippen molar-refractivity contribution in [3.8, 4) is 0 Å². The Morgan fingerprint density at radius 2 is 1.94 bits per heavy atom. The molecule has 0 aliphatic heterocycles. The maximum absolute atomic E-state index is 5.81. The molecule has 0 saturated carbocycles. The standard InChI is InChI=1S/C16H27NO/c1-5-17-16(12-18-11-10-13(2)3)15-9-7-6-8-14(15)4/h6-9,13,16-17H,5,10-12H2,1-4H3. The van der Waals surface area contributed by atoms with E-state index in [0.717, 1.165) is 26.2 Å². The van der Waals surface area contributed by atoms with Crippen molar-refractivity contribution in [2.45, 2.75) is 40.2 Å². The smallest absolute Gasteiger partial charge is 0.0661 e. The van der Waals surface area contributed by atoms with Gasteiger partial charge in [-0.1, -0.05) is 45.0 Å². The molecule has 0 aromatic heterocycles. The summed E-state index contributed by atoms with van der Waals surface area (Å²) in [4.78, 5) is 0. The third kappa shape index (κ3) is 5.19. The van der Waals surface area contributed by atoms with Gasteiger partial charge in [-0.3, -0.25) is 0 Å². The van der Waals surface area contributed by atoms with Crippen molar-refractivity contribution < 1.29 is 4.74 Å². The molecule has 1 aromatic carbocycles. The van der Waals surface area contributed by atoms with Gasteiger partial charge in [0.25, 0.3) is 0 Å². The van der Waals surface area contributed by atoms with Crippen LogP contribution in [0.25, 0.3) is 0 Å². The lowest BCUT2D eigenvalue weighted by Crippen LogP contribution is -2.26. The van der Waals surface area contributed by atoms with Crippen LogP contribution in [0.1, 0.15) is 44.4 Å². The lowest BCUT2D eigenvalue weighted by molar-refractivity contribution is 0.103. The van der Waals surface area contributed by atoms with E-state index in [4.69, 9.17) is 4.74 Å². The summed E-state index contributed by atoms with van der Waals surface area (Å²) in [6, 6.07) is 8.84. The van der Waals surface area contributed by atoms with Gasteiger partial charge in [0.1, 0.15) is 0 Å². The SMILES string of the molecule is CCNC(COCCC(C)C)c1ccccc1C. The third-order valence-electron chi connectivity index (χ3n) is 3.14. The van der Waals surface area contributed by atoms with Crippen molar-refractivity contribution in [2.75, 3.05) is 19.8 Å². The molecule has 0 amide bonds. The number of benzene rings is 1. The van der Waals surface area contributed by atoms with Gasteiger partial charge < -0.3 is 10.1 Å². The molecule has 1 unspecified atom stereocenters. The molecule has 2 heteroatoms. The van der Waals surface area contributed by atoms with Crippen molar-refractivity contribution >= 4 is 0 Å². The number of hydrogen-bond acceptors (Lipinski definition) is 2. The highest BCUT2D eigenvalue weighted by atomic mass is 16.5. The molecule has 2 nitrogen and oxygen atoms in total. The van der Waals surface area contributed by atoms with Crippen LogP contribution in [0.15, 0.2) is 24.3 Å². The average molecular weight is 249 g/mol. The molecule has 0 spiro atoms. The first-order valence-electron chi connectivity index (χ1n) is 7.01. The first kappa shape index (κ1) is 15.2. The quantitative estimate of drug-likeness (QED) is 0.709. The lowest BCUT2D eigenvalue weighted by Gasteiger charge is -2.20. The highest BCUT2D eigenvalue weighted by Gasteiger charge is 2.12. The molecule has 0 aliphatic rings. The third-order valence-corrected chi connectivity index (χ3v) is 3.14. The van der Waals surface area contributed by atoms with Gasteiger partial charge in [0.15, 0.2) is 0 Å². The van der Waals surface area contributed by atoms with E-state index in [2.05, 4.69) is 57.3 Å². The molecule has 1 rings (SSSR count). The predicted octanol–water partition coefficient (Wildman–Crippen LogP) is 3.71. The van der Waals surface area contributed by atoms with E-state index in [1.807, 2.05) is 0 Å². The van der Waals surface area contributed by atoms with Gasteiger partial charge in [0, 0.05) is 6.61 Å². The van der Waals surface area contributed by atoms with Gasteiger partial charge in [-0.25, -0.2) is 0 Å². The summed E-state index contributed by atoms with van der Waals surface area (Å²) in [7, 11) is 0. The monoisotopic (exact) mass is 249 g/mol. The number of rotatable bonds is 8. The van der Waals surface area contributed by atoms with Gasteiger partial charge in [0.2, 0.25) is 0 Å². The molecule has 0 aliphatic carbocycles. The summed E-state index contributed by atoms with van der Waals surface area (Å²) in [5.74, 6) is 0.709. The number of hydrogen-bond donors (Lipinski definition) is 1. The molecule has 0 fully saturated rings. The van der Waals surface area contributed by atoms with Gasteiger partial charge >= 0.3 is 0 Å². The Labute approximate surface area is 112 Å². The van der Waals surface area contributed by atoms with Crippen LogP contribution in [0.4, 0.5) is 0 Å². The summed E-state index contributed by atoms with van der Waals surface area (Å²) in [5.41, 5.74) is 2.68. The van der Waals surface area contributed by atoms with Gasteiger partial charge in [-0.2, -0.15) is 0 Å². The van der Waals surface area contributed by atoms with Crippen molar-refractivity contribution in [3.63, 3.8) is 0 Å². The molecule has 0 heterocycles. The molecular formula is C16H27NO. The fourth-order valence-electron chi connectivity index (χ4n) is 2.00. The highest BCUT2D eigenvalue weighted by Crippen LogP contribution is 2.17. The summed E-state index contributed by atoms with van der Waals surface area (Å²) in [6.45, 7) is 11.3. The molecule has 102 valence electrons. The average Bonchev–Trinajstić information content (AvgIpc) is 2.34. The minimum atomic E-state index is 0.309. The Balaban J connectivity index is 2.52. The second-order valence-corrected chi connectivity index (χ2v) is 5.22. The Morgan fingerprint density at radius 3 is 2.56 bits per heavy atom. The molecule has 1 aromatic rings. The second kappa shape index (κ2) is 8.28. The summed E-state index contributed by atoms with van der Waals surface area (Å²) < 4.78 is 5.81. The largest absolute Gasteiger partial charge is 0.379 e. The van der Waals surface area contributed by atoms with Gasteiger partial charge in [-0.05, 0) is 36.9 Å². The van der Waals surface area contributed by atoms with Crippen LogP contribution in [0.5, 0.6) is 0 Å².